The number of aliphatic imine (C=N–C) groups is 1. The van der Waals surface area contributed by atoms with Crippen LogP contribution >= 0.6 is 23.1 Å². The fourth-order valence-corrected chi connectivity index (χ4v) is 6.76. The first-order valence-electron chi connectivity index (χ1n) is 12.6. The molecule has 0 aromatic carbocycles. The van der Waals surface area contributed by atoms with Crippen molar-refractivity contribution in [3.05, 3.63) is 39.2 Å². The van der Waals surface area contributed by atoms with E-state index >= 15 is 0 Å². The van der Waals surface area contributed by atoms with Gasteiger partial charge in [-0.3, -0.25) is 19.2 Å². The molecule has 4 rings (SSSR count). The molecule has 3 heterocycles. The van der Waals surface area contributed by atoms with E-state index in [4.69, 9.17) is 4.74 Å². The third-order valence-electron chi connectivity index (χ3n) is 6.80. The molecule has 9 nitrogen and oxygen atoms in total. The average Bonchev–Trinajstić information content (AvgIpc) is 3.50. The van der Waals surface area contributed by atoms with Gasteiger partial charge in [-0.25, -0.2) is 9.79 Å². The molecule has 1 N–H and O–H groups in total. The number of likely N-dealkylation sites (N-methyl/N-ethyl adjacent to an activating group) is 1. The van der Waals surface area contributed by atoms with E-state index in [0.717, 1.165) is 47.4 Å². The van der Waals surface area contributed by atoms with Gasteiger partial charge in [0, 0.05) is 29.7 Å². The van der Waals surface area contributed by atoms with Crippen LogP contribution in [0.2, 0.25) is 0 Å². The fraction of sp³-hybridized carbons (Fsp3) is 0.500. The summed E-state index contributed by atoms with van der Waals surface area (Å²) in [6.07, 6.45) is 7.29. The van der Waals surface area contributed by atoms with Crippen molar-refractivity contribution in [1.82, 2.24) is 14.7 Å². The van der Waals surface area contributed by atoms with E-state index in [9.17, 15) is 14.4 Å². The maximum absolute atomic E-state index is 13.0. The number of thioether (sulfide) groups is 1. The molecule has 0 fully saturated rings. The Morgan fingerprint density at radius 2 is 2.11 bits per heavy atom. The Morgan fingerprint density at radius 1 is 1.32 bits per heavy atom. The number of ether oxygens (including phenoxy) is 1. The number of anilines is 1. The predicted octanol–water partition coefficient (Wildman–Crippen LogP) is 4.41. The monoisotopic (exact) mass is 543 g/mol. The molecule has 198 valence electrons. The van der Waals surface area contributed by atoms with Gasteiger partial charge in [0.1, 0.15) is 10.7 Å². The number of esters is 1. The van der Waals surface area contributed by atoms with E-state index in [1.807, 2.05) is 20.9 Å². The summed E-state index contributed by atoms with van der Waals surface area (Å²) in [6.45, 7) is 8.48. The number of aromatic nitrogens is 2. The summed E-state index contributed by atoms with van der Waals surface area (Å²) in [7, 11) is 1.84. The number of aryl methyl sites for hydroxylation is 1. The van der Waals surface area contributed by atoms with Crippen LogP contribution in [0.15, 0.2) is 16.9 Å². The number of carbonyl (C=O) groups is 3. The highest BCUT2D eigenvalue weighted by Gasteiger charge is 2.32. The maximum atomic E-state index is 13.0. The summed E-state index contributed by atoms with van der Waals surface area (Å²) in [5.41, 5.74) is 3.59. The lowest BCUT2D eigenvalue weighted by Crippen LogP contribution is -2.31. The van der Waals surface area contributed by atoms with Crippen LogP contribution in [0.4, 0.5) is 5.00 Å². The molecule has 0 unspecified atom stereocenters. The molecule has 1 aliphatic carbocycles. The van der Waals surface area contributed by atoms with Gasteiger partial charge >= 0.3 is 5.97 Å². The van der Waals surface area contributed by atoms with E-state index in [2.05, 4.69) is 22.3 Å². The molecule has 1 atom stereocenters. The average molecular weight is 544 g/mol. The van der Waals surface area contributed by atoms with Crippen LogP contribution in [0.25, 0.3) is 6.08 Å². The van der Waals surface area contributed by atoms with Gasteiger partial charge in [-0.1, -0.05) is 25.1 Å². The molecule has 37 heavy (non-hydrogen) atoms. The van der Waals surface area contributed by atoms with Crippen LogP contribution in [0.1, 0.15) is 65.7 Å². The number of nitrogens with one attached hydrogen (secondary N) is 1. The maximum Gasteiger partial charge on any atom is 0.341 e. The lowest BCUT2D eigenvalue weighted by atomic mass is 9.85. The van der Waals surface area contributed by atoms with Crippen LogP contribution in [0.3, 0.4) is 0 Å². The molecule has 0 radical (unpaired) electrons. The Morgan fingerprint density at radius 3 is 2.76 bits per heavy atom. The van der Waals surface area contributed by atoms with Gasteiger partial charge in [-0.15, -0.1) is 11.3 Å². The molecule has 2 amide bonds. The number of amides is 2. The molecule has 0 bridgehead atoms. The zero-order valence-corrected chi connectivity index (χ0v) is 23.6. The number of amidine groups is 1. The Labute approximate surface area is 225 Å². The molecule has 0 spiro atoms. The van der Waals surface area contributed by atoms with Gasteiger partial charge in [0.2, 0.25) is 5.91 Å². The van der Waals surface area contributed by atoms with E-state index in [1.165, 1.54) is 23.1 Å². The third-order valence-corrected chi connectivity index (χ3v) is 8.95. The highest BCUT2D eigenvalue weighted by Crippen LogP contribution is 2.41. The molecule has 2 aliphatic rings. The Bertz CT molecular complexity index is 1280. The molecule has 0 saturated heterocycles. The summed E-state index contributed by atoms with van der Waals surface area (Å²) in [5, 5.41) is 8.19. The van der Waals surface area contributed by atoms with E-state index in [0.29, 0.717) is 33.9 Å². The summed E-state index contributed by atoms with van der Waals surface area (Å²) in [4.78, 5) is 45.9. The van der Waals surface area contributed by atoms with Gasteiger partial charge in [0.15, 0.2) is 5.17 Å². The highest BCUT2D eigenvalue weighted by atomic mass is 32.2. The van der Waals surface area contributed by atoms with Crippen molar-refractivity contribution in [1.29, 1.82) is 0 Å². The molecule has 1 aliphatic heterocycles. The van der Waals surface area contributed by atoms with Crippen LogP contribution in [-0.2, 0) is 34.2 Å². The second-order valence-electron chi connectivity index (χ2n) is 9.06. The van der Waals surface area contributed by atoms with Crippen molar-refractivity contribution in [3.63, 3.8) is 0 Å². The summed E-state index contributed by atoms with van der Waals surface area (Å²) < 4.78 is 7.05. The summed E-state index contributed by atoms with van der Waals surface area (Å²) in [5.74, 6) is -0.190. The largest absolute Gasteiger partial charge is 0.462 e. The minimum Gasteiger partial charge on any atom is -0.462 e. The molecule has 0 saturated carbocycles. The summed E-state index contributed by atoms with van der Waals surface area (Å²) in [6, 6.07) is 0. The number of thiophene rings is 1. The number of carbonyl (C=O) groups excluding carboxylic acids is 3. The summed E-state index contributed by atoms with van der Waals surface area (Å²) >= 11 is 2.68. The lowest BCUT2D eigenvalue weighted by molar-refractivity contribution is -0.122. The zero-order chi connectivity index (χ0) is 26.7. The molecule has 11 heteroatoms. The first-order chi connectivity index (χ1) is 17.8. The lowest BCUT2D eigenvalue weighted by Gasteiger charge is -2.20. The Kier molecular flexibility index (Phi) is 8.53. The zero-order valence-electron chi connectivity index (χ0n) is 21.9. The van der Waals surface area contributed by atoms with Crippen LogP contribution in [0, 0.1) is 12.8 Å². The SMILES string of the molecule is CCOC(=O)c1c(NC(=O)CSC2=N/C(=C/c3cnn(C)c3C)C(=O)N2CC)sc2c1CC[C@@H](CC)C2. The van der Waals surface area contributed by atoms with Crippen molar-refractivity contribution in [2.45, 2.75) is 53.4 Å². The Balaban J connectivity index is 1.49. The molecule has 2 aromatic rings. The quantitative estimate of drug-likeness (QED) is 0.391. The van der Waals surface area contributed by atoms with Gasteiger partial charge in [-0.05, 0) is 57.6 Å². The number of rotatable bonds is 8. The second-order valence-corrected chi connectivity index (χ2v) is 11.1. The first kappa shape index (κ1) is 27.1. The van der Waals surface area contributed by atoms with Crippen molar-refractivity contribution in [3.8, 4) is 0 Å². The van der Waals surface area contributed by atoms with Crippen LogP contribution < -0.4 is 5.32 Å². The van der Waals surface area contributed by atoms with E-state index in [-0.39, 0.29) is 30.1 Å². The van der Waals surface area contributed by atoms with Gasteiger partial charge in [0.05, 0.1) is 24.1 Å². The minimum atomic E-state index is -0.388. The van der Waals surface area contributed by atoms with Crippen molar-refractivity contribution in [2.75, 3.05) is 24.2 Å². The number of hydrogen-bond acceptors (Lipinski definition) is 8. The smallest absolute Gasteiger partial charge is 0.341 e. The van der Waals surface area contributed by atoms with Gasteiger partial charge in [0.25, 0.3) is 5.91 Å². The first-order valence-corrected chi connectivity index (χ1v) is 14.4. The van der Waals surface area contributed by atoms with Gasteiger partial charge < -0.3 is 10.1 Å². The second kappa shape index (κ2) is 11.6. The minimum absolute atomic E-state index is 0.0598. The van der Waals surface area contributed by atoms with Crippen molar-refractivity contribution >= 4 is 57.1 Å². The van der Waals surface area contributed by atoms with Gasteiger partial charge in [-0.2, -0.15) is 5.10 Å². The number of hydrogen-bond donors (Lipinski definition) is 1. The van der Waals surface area contributed by atoms with Crippen LogP contribution in [-0.4, -0.2) is 56.5 Å². The molecular weight excluding hydrogens is 510 g/mol. The standard InChI is InChI=1S/C26H33N5O4S2/c1-6-16-9-10-18-20(11-16)37-23(22(18)25(34)35-8-3)29-21(32)14-36-26-28-19(24(33)31(26)7-2)12-17-13-27-30(5)15(17)4/h12-13,16H,6-11,14H2,1-5H3,(H,29,32)/b19-12+/t16-/m1/s1. The van der Waals surface area contributed by atoms with E-state index < -0.39 is 0 Å². The highest BCUT2D eigenvalue weighted by molar-refractivity contribution is 8.14. The van der Waals surface area contributed by atoms with Crippen molar-refractivity contribution in [2.24, 2.45) is 18.0 Å². The molecular formula is C26H33N5O4S2. The van der Waals surface area contributed by atoms with E-state index in [1.54, 1.807) is 28.8 Å². The number of fused-ring (bicyclic) bond motifs is 1. The fourth-order valence-electron chi connectivity index (χ4n) is 4.53. The van der Waals surface area contributed by atoms with Crippen LogP contribution in [0.5, 0.6) is 0 Å². The van der Waals surface area contributed by atoms with Crippen molar-refractivity contribution < 1.29 is 19.1 Å². The molecule has 2 aromatic heterocycles. The Hall–Kier alpha value is -2.92. The number of nitrogens with zero attached hydrogens (tertiary/aromatic N) is 4. The normalized spacial score (nSPS) is 18.2. The third kappa shape index (κ3) is 5.67. The topological polar surface area (TPSA) is 106 Å². The predicted molar refractivity (Wildman–Crippen MR) is 148 cm³/mol.